The van der Waals surface area contributed by atoms with Gasteiger partial charge in [-0.2, -0.15) is 9.50 Å². The molecule has 1 fully saturated rings. The predicted octanol–water partition coefficient (Wildman–Crippen LogP) is 2.41. The molecule has 0 bridgehead atoms. The van der Waals surface area contributed by atoms with Crippen molar-refractivity contribution in [2.24, 2.45) is 0 Å². The number of amides is 1. The van der Waals surface area contributed by atoms with E-state index in [4.69, 9.17) is 16.3 Å². The van der Waals surface area contributed by atoms with Gasteiger partial charge >= 0.3 is 0 Å². The second kappa shape index (κ2) is 8.93. The van der Waals surface area contributed by atoms with Gasteiger partial charge in [0, 0.05) is 39.2 Å². The average molecular weight is 445 g/mol. The topological polar surface area (TPSA) is 101 Å². The Labute approximate surface area is 185 Å². The smallest absolute Gasteiger partial charge is 0.277 e. The summed E-state index contributed by atoms with van der Waals surface area (Å²) in [6, 6.07) is 7.61. The minimum atomic E-state index is -0.0645. The number of ether oxygens (including phenoxy) is 1. The Bertz CT molecular complexity index is 1080. The highest BCUT2D eigenvalue weighted by Crippen LogP contribution is 2.30. The minimum absolute atomic E-state index is 0.0645. The average Bonchev–Trinajstić information content (AvgIpc) is 3.24. The Morgan fingerprint density at radius 2 is 2.03 bits per heavy atom. The molecule has 10 nitrogen and oxygen atoms in total. The first kappa shape index (κ1) is 21.1. The van der Waals surface area contributed by atoms with Crippen molar-refractivity contribution in [2.45, 2.75) is 26.8 Å². The molecule has 0 radical (unpaired) electrons. The van der Waals surface area contributed by atoms with E-state index in [0.29, 0.717) is 49.3 Å². The molecule has 2 aromatic heterocycles. The Morgan fingerprint density at radius 1 is 1.26 bits per heavy atom. The summed E-state index contributed by atoms with van der Waals surface area (Å²) in [5.41, 5.74) is 1.00. The van der Waals surface area contributed by atoms with Gasteiger partial charge in [0.1, 0.15) is 17.4 Å². The third-order valence-corrected chi connectivity index (χ3v) is 5.63. The molecule has 0 saturated carbocycles. The fourth-order valence-electron chi connectivity index (χ4n) is 3.61. The number of aromatic nitrogens is 5. The first-order valence-electron chi connectivity index (χ1n) is 10.2. The number of rotatable bonds is 6. The number of nitrogens with zero attached hydrogens (tertiary/aromatic N) is 7. The summed E-state index contributed by atoms with van der Waals surface area (Å²) >= 11 is 6.36. The van der Waals surface area contributed by atoms with Crippen molar-refractivity contribution in [3.63, 3.8) is 0 Å². The highest BCUT2D eigenvalue weighted by atomic mass is 35.5. The second-order valence-electron chi connectivity index (χ2n) is 7.37. The maximum absolute atomic E-state index is 11.6. The standard InChI is InChI=1S/C20H25ClN8O2/c1-4-31-17-6-5-15(11-16(17)21)13(2)22-19-12-18(23-20-24-25-26-29(19)20)28-9-7-27(8-10-28)14(3)30/h5-6,11-13,22H,4,7-10H2,1-3H3/t13-/m1/s1. The van der Waals surface area contributed by atoms with E-state index >= 15 is 0 Å². The lowest BCUT2D eigenvalue weighted by Crippen LogP contribution is -2.48. The van der Waals surface area contributed by atoms with Gasteiger partial charge in [0.05, 0.1) is 17.7 Å². The normalized spacial score (nSPS) is 15.2. The van der Waals surface area contributed by atoms with Gasteiger partial charge in [-0.25, -0.2) is 0 Å². The van der Waals surface area contributed by atoms with Crippen LogP contribution in [0.15, 0.2) is 24.3 Å². The number of tetrazole rings is 1. The minimum Gasteiger partial charge on any atom is -0.492 e. The number of anilines is 2. The predicted molar refractivity (Wildman–Crippen MR) is 118 cm³/mol. The van der Waals surface area contributed by atoms with Gasteiger partial charge in [0.2, 0.25) is 5.91 Å². The molecule has 1 aromatic carbocycles. The quantitative estimate of drug-likeness (QED) is 0.618. The number of nitrogens with one attached hydrogen (secondary N) is 1. The van der Waals surface area contributed by atoms with Gasteiger partial charge in [-0.05, 0) is 42.0 Å². The summed E-state index contributed by atoms with van der Waals surface area (Å²) in [6.07, 6.45) is 0. The summed E-state index contributed by atoms with van der Waals surface area (Å²) in [7, 11) is 0. The highest BCUT2D eigenvalue weighted by molar-refractivity contribution is 6.32. The van der Waals surface area contributed by atoms with Crippen molar-refractivity contribution in [2.75, 3.05) is 43.0 Å². The SMILES string of the molecule is CCOc1ccc([C@@H](C)Nc2cc(N3CCN(C(C)=O)CC3)nc3nnnn23)cc1Cl. The van der Waals surface area contributed by atoms with Gasteiger partial charge < -0.3 is 19.9 Å². The van der Waals surface area contributed by atoms with Crippen LogP contribution >= 0.6 is 11.6 Å². The molecule has 0 spiro atoms. The Hall–Kier alpha value is -3.14. The summed E-state index contributed by atoms with van der Waals surface area (Å²) in [5.74, 6) is 2.65. The van der Waals surface area contributed by atoms with Crippen LogP contribution in [-0.2, 0) is 4.79 Å². The van der Waals surface area contributed by atoms with E-state index in [9.17, 15) is 4.79 Å². The molecule has 3 heterocycles. The number of hydrogen-bond acceptors (Lipinski definition) is 8. The van der Waals surface area contributed by atoms with Crippen LogP contribution in [0.4, 0.5) is 11.6 Å². The van der Waals surface area contributed by atoms with Crippen molar-refractivity contribution in [3.05, 3.63) is 34.9 Å². The fourth-order valence-corrected chi connectivity index (χ4v) is 3.85. The first-order valence-corrected chi connectivity index (χ1v) is 10.6. The zero-order valence-corrected chi connectivity index (χ0v) is 18.5. The van der Waals surface area contributed by atoms with E-state index in [1.54, 1.807) is 11.4 Å². The van der Waals surface area contributed by atoms with Crippen LogP contribution < -0.4 is 15.0 Å². The maximum Gasteiger partial charge on any atom is 0.277 e. The maximum atomic E-state index is 11.6. The van der Waals surface area contributed by atoms with E-state index in [2.05, 4.69) is 30.7 Å². The van der Waals surface area contributed by atoms with Crippen LogP contribution in [0.1, 0.15) is 32.4 Å². The third kappa shape index (κ3) is 4.48. The second-order valence-corrected chi connectivity index (χ2v) is 7.78. The molecular weight excluding hydrogens is 420 g/mol. The third-order valence-electron chi connectivity index (χ3n) is 5.33. The molecule has 11 heteroatoms. The Morgan fingerprint density at radius 3 is 2.71 bits per heavy atom. The molecule has 4 rings (SSSR count). The van der Waals surface area contributed by atoms with Crippen molar-refractivity contribution in [1.82, 2.24) is 29.9 Å². The van der Waals surface area contributed by atoms with Crippen LogP contribution in [0.2, 0.25) is 5.02 Å². The van der Waals surface area contributed by atoms with Crippen molar-refractivity contribution in [1.29, 1.82) is 0 Å². The van der Waals surface area contributed by atoms with Crippen LogP contribution in [0, 0.1) is 0 Å². The monoisotopic (exact) mass is 444 g/mol. The number of fused-ring (bicyclic) bond motifs is 1. The molecule has 31 heavy (non-hydrogen) atoms. The lowest BCUT2D eigenvalue weighted by molar-refractivity contribution is -0.129. The molecule has 1 aliphatic heterocycles. The Balaban J connectivity index is 1.57. The van der Waals surface area contributed by atoms with Crippen LogP contribution in [0.25, 0.3) is 5.78 Å². The first-order chi connectivity index (χ1) is 15.0. The molecule has 1 saturated heterocycles. The van der Waals surface area contributed by atoms with Crippen LogP contribution in [-0.4, -0.2) is 68.6 Å². The number of halogens is 1. The number of piperazine rings is 1. The van der Waals surface area contributed by atoms with Gasteiger partial charge in [-0.1, -0.05) is 22.8 Å². The Kier molecular flexibility index (Phi) is 6.08. The molecule has 1 amide bonds. The lowest BCUT2D eigenvalue weighted by atomic mass is 10.1. The zero-order chi connectivity index (χ0) is 22.0. The molecular formula is C20H25ClN8O2. The van der Waals surface area contributed by atoms with Gasteiger partial charge in [0.15, 0.2) is 0 Å². The summed E-state index contributed by atoms with van der Waals surface area (Å²) < 4.78 is 7.09. The zero-order valence-electron chi connectivity index (χ0n) is 17.7. The van der Waals surface area contributed by atoms with E-state index in [0.717, 1.165) is 17.2 Å². The molecule has 0 aliphatic carbocycles. The lowest BCUT2D eigenvalue weighted by Gasteiger charge is -2.35. The number of benzene rings is 1. The van der Waals surface area contributed by atoms with E-state index < -0.39 is 0 Å². The van der Waals surface area contributed by atoms with Crippen molar-refractivity contribution < 1.29 is 9.53 Å². The largest absolute Gasteiger partial charge is 0.492 e. The van der Waals surface area contributed by atoms with E-state index in [-0.39, 0.29) is 11.9 Å². The van der Waals surface area contributed by atoms with Gasteiger partial charge in [-0.15, -0.1) is 0 Å². The number of hydrogen-bond donors (Lipinski definition) is 1. The summed E-state index contributed by atoms with van der Waals surface area (Å²) in [4.78, 5) is 20.2. The van der Waals surface area contributed by atoms with Gasteiger partial charge in [0.25, 0.3) is 5.78 Å². The van der Waals surface area contributed by atoms with Crippen molar-refractivity contribution >= 4 is 34.9 Å². The van der Waals surface area contributed by atoms with Gasteiger partial charge in [-0.3, -0.25) is 4.79 Å². The molecule has 1 N–H and O–H groups in total. The summed E-state index contributed by atoms with van der Waals surface area (Å²) in [6.45, 7) is 8.85. The highest BCUT2D eigenvalue weighted by Gasteiger charge is 2.22. The van der Waals surface area contributed by atoms with Crippen LogP contribution in [0.5, 0.6) is 5.75 Å². The number of carbonyl (C=O) groups is 1. The molecule has 3 aromatic rings. The van der Waals surface area contributed by atoms with Crippen LogP contribution in [0.3, 0.4) is 0 Å². The molecule has 1 aliphatic rings. The number of carbonyl (C=O) groups excluding carboxylic acids is 1. The molecule has 164 valence electrons. The fraction of sp³-hybridized carbons (Fsp3) is 0.450. The van der Waals surface area contributed by atoms with E-state index in [1.807, 2.05) is 43.0 Å². The van der Waals surface area contributed by atoms with Crippen molar-refractivity contribution in [3.8, 4) is 5.75 Å². The molecule has 1 atom stereocenters. The summed E-state index contributed by atoms with van der Waals surface area (Å²) in [5, 5.41) is 15.9. The van der Waals surface area contributed by atoms with E-state index in [1.165, 1.54) is 0 Å². The molecule has 0 unspecified atom stereocenters.